The van der Waals surface area contributed by atoms with Crippen LogP contribution in [-0.2, 0) is 16.1 Å². The van der Waals surface area contributed by atoms with Gasteiger partial charge in [0.2, 0.25) is 5.91 Å². The monoisotopic (exact) mass is 423 g/mol. The summed E-state index contributed by atoms with van der Waals surface area (Å²) in [5.41, 5.74) is 1.21. The smallest absolute Gasteiger partial charge is 0.309 e. The summed E-state index contributed by atoms with van der Waals surface area (Å²) in [5.74, 6) is -0.917. The largest absolute Gasteiger partial charge is 0.481 e. The molecule has 1 amide bonds. The average Bonchev–Trinajstić information content (AvgIpc) is 2.77. The lowest BCUT2D eigenvalue weighted by molar-refractivity contribution is -0.147. The molecule has 1 aliphatic rings. The van der Waals surface area contributed by atoms with Crippen LogP contribution in [0.2, 0.25) is 0 Å². The van der Waals surface area contributed by atoms with Crippen molar-refractivity contribution in [2.24, 2.45) is 5.41 Å². The van der Waals surface area contributed by atoms with Gasteiger partial charge < -0.3 is 15.3 Å². The molecule has 1 atom stereocenters. The molecular formula is C25H33N3O3. The van der Waals surface area contributed by atoms with Crippen molar-refractivity contribution in [1.29, 1.82) is 0 Å². The van der Waals surface area contributed by atoms with Crippen LogP contribution in [0, 0.1) is 5.41 Å². The van der Waals surface area contributed by atoms with Crippen molar-refractivity contribution in [3.63, 3.8) is 0 Å². The van der Waals surface area contributed by atoms with E-state index in [9.17, 15) is 14.7 Å². The van der Waals surface area contributed by atoms with Crippen LogP contribution in [0.15, 0.2) is 60.7 Å². The molecule has 6 heteroatoms. The van der Waals surface area contributed by atoms with Crippen LogP contribution in [0.4, 0.5) is 5.69 Å². The molecular weight excluding hydrogens is 390 g/mol. The molecule has 0 aromatic heterocycles. The van der Waals surface area contributed by atoms with Gasteiger partial charge in [0.1, 0.15) is 0 Å². The first-order valence-corrected chi connectivity index (χ1v) is 10.9. The van der Waals surface area contributed by atoms with E-state index in [2.05, 4.69) is 34.5 Å². The number of carbonyl (C=O) groups is 2. The first-order chi connectivity index (χ1) is 14.8. The fourth-order valence-corrected chi connectivity index (χ4v) is 3.84. The number of carboxylic acid groups (broad SMARTS) is 1. The number of aliphatic carboxylic acids is 1. The van der Waals surface area contributed by atoms with E-state index in [-0.39, 0.29) is 18.4 Å². The van der Waals surface area contributed by atoms with Gasteiger partial charge >= 0.3 is 5.97 Å². The van der Waals surface area contributed by atoms with Gasteiger partial charge in [-0.3, -0.25) is 14.5 Å². The van der Waals surface area contributed by atoms with E-state index in [1.807, 2.05) is 41.3 Å². The lowest BCUT2D eigenvalue weighted by Gasteiger charge is -2.37. The molecule has 0 aliphatic carbocycles. The zero-order valence-corrected chi connectivity index (χ0v) is 18.5. The maximum atomic E-state index is 13.2. The molecule has 0 saturated carbocycles. The Morgan fingerprint density at radius 3 is 2.39 bits per heavy atom. The third-order valence-electron chi connectivity index (χ3n) is 5.90. The number of nitrogens with one attached hydrogen (secondary N) is 1. The number of para-hydroxylation sites is 1. The first-order valence-electron chi connectivity index (χ1n) is 10.9. The summed E-state index contributed by atoms with van der Waals surface area (Å²) in [4.78, 5) is 28.8. The zero-order chi connectivity index (χ0) is 22.3. The summed E-state index contributed by atoms with van der Waals surface area (Å²) in [6, 6.07) is 20.2. The SMILES string of the molecule is CC(C)(CCC(=O)N(C[C@@H]1CN(Cc2ccccc2)CCN1)c1ccccc1)C(=O)O. The topological polar surface area (TPSA) is 72.9 Å². The fraction of sp³-hybridized carbons (Fsp3) is 0.440. The molecule has 6 nitrogen and oxygen atoms in total. The second-order valence-corrected chi connectivity index (χ2v) is 8.90. The lowest BCUT2D eigenvalue weighted by atomic mass is 9.88. The van der Waals surface area contributed by atoms with Crippen LogP contribution in [0.25, 0.3) is 0 Å². The molecule has 0 unspecified atom stereocenters. The van der Waals surface area contributed by atoms with Crippen LogP contribution in [0.1, 0.15) is 32.3 Å². The molecule has 2 aromatic carbocycles. The number of hydrogen-bond donors (Lipinski definition) is 2. The number of amides is 1. The van der Waals surface area contributed by atoms with E-state index in [1.54, 1.807) is 13.8 Å². The van der Waals surface area contributed by atoms with Crippen molar-refractivity contribution in [3.8, 4) is 0 Å². The number of carboxylic acids is 1. The molecule has 2 N–H and O–H groups in total. The van der Waals surface area contributed by atoms with Crippen molar-refractivity contribution in [3.05, 3.63) is 66.2 Å². The van der Waals surface area contributed by atoms with Gasteiger partial charge in [0.15, 0.2) is 0 Å². The minimum Gasteiger partial charge on any atom is -0.481 e. The van der Waals surface area contributed by atoms with E-state index >= 15 is 0 Å². The summed E-state index contributed by atoms with van der Waals surface area (Å²) in [6.07, 6.45) is 0.511. The molecule has 2 aromatic rings. The van der Waals surface area contributed by atoms with Gasteiger partial charge in [-0.1, -0.05) is 48.5 Å². The minimum atomic E-state index is -0.923. The number of benzene rings is 2. The van der Waals surface area contributed by atoms with Crippen LogP contribution in [-0.4, -0.2) is 54.1 Å². The Bertz CT molecular complexity index is 855. The zero-order valence-electron chi connectivity index (χ0n) is 18.5. The highest BCUT2D eigenvalue weighted by Crippen LogP contribution is 2.24. The minimum absolute atomic E-state index is 0.0393. The Morgan fingerprint density at radius 2 is 1.74 bits per heavy atom. The van der Waals surface area contributed by atoms with Crippen LogP contribution >= 0.6 is 0 Å². The number of anilines is 1. The van der Waals surface area contributed by atoms with Crippen molar-refractivity contribution in [2.75, 3.05) is 31.1 Å². The van der Waals surface area contributed by atoms with Crippen molar-refractivity contribution < 1.29 is 14.7 Å². The Hall–Kier alpha value is -2.70. The summed E-state index contributed by atoms with van der Waals surface area (Å²) < 4.78 is 0. The molecule has 1 saturated heterocycles. The van der Waals surface area contributed by atoms with Crippen LogP contribution in [0.5, 0.6) is 0 Å². The number of nitrogens with zero attached hydrogens (tertiary/aromatic N) is 2. The van der Waals surface area contributed by atoms with E-state index in [4.69, 9.17) is 0 Å². The summed E-state index contributed by atoms with van der Waals surface area (Å²) >= 11 is 0. The highest BCUT2D eigenvalue weighted by atomic mass is 16.4. The van der Waals surface area contributed by atoms with Gasteiger partial charge in [-0.2, -0.15) is 0 Å². The molecule has 0 bridgehead atoms. The molecule has 0 radical (unpaired) electrons. The summed E-state index contributed by atoms with van der Waals surface area (Å²) in [5, 5.41) is 12.9. The Labute approximate surface area is 184 Å². The van der Waals surface area contributed by atoms with E-state index in [0.29, 0.717) is 13.0 Å². The molecule has 1 fully saturated rings. The van der Waals surface area contributed by atoms with Gasteiger partial charge in [-0.05, 0) is 38.0 Å². The highest BCUT2D eigenvalue weighted by Gasteiger charge is 2.30. The van der Waals surface area contributed by atoms with E-state index in [0.717, 1.165) is 31.9 Å². The molecule has 0 spiro atoms. The second-order valence-electron chi connectivity index (χ2n) is 8.90. The van der Waals surface area contributed by atoms with E-state index < -0.39 is 11.4 Å². The van der Waals surface area contributed by atoms with Gasteiger partial charge in [-0.25, -0.2) is 0 Å². The highest BCUT2D eigenvalue weighted by molar-refractivity contribution is 5.93. The molecule has 1 heterocycles. The first kappa shape index (κ1) is 23.0. The molecule has 166 valence electrons. The van der Waals surface area contributed by atoms with Gasteiger partial charge in [0, 0.05) is 50.9 Å². The molecule has 31 heavy (non-hydrogen) atoms. The molecule has 3 rings (SSSR count). The van der Waals surface area contributed by atoms with Crippen molar-refractivity contribution in [2.45, 2.75) is 39.3 Å². The number of hydrogen-bond acceptors (Lipinski definition) is 4. The Kier molecular flexibility index (Phi) is 7.82. The van der Waals surface area contributed by atoms with E-state index in [1.165, 1.54) is 5.56 Å². The predicted octanol–water partition coefficient (Wildman–Crippen LogP) is 3.38. The quantitative estimate of drug-likeness (QED) is 0.647. The number of rotatable bonds is 9. The predicted molar refractivity (Wildman–Crippen MR) is 123 cm³/mol. The van der Waals surface area contributed by atoms with Gasteiger partial charge in [-0.15, -0.1) is 0 Å². The Morgan fingerprint density at radius 1 is 1.10 bits per heavy atom. The maximum Gasteiger partial charge on any atom is 0.309 e. The maximum absolute atomic E-state index is 13.2. The third-order valence-corrected chi connectivity index (χ3v) is 5.90. The number of piperazine rings is 1. The average molecular weight is 424 g/mol. The van der Waals surface area contributed by atoms with Crippen molar-refractivity contribution >= 4 is 17.6 Å². The molecule has 1 aliphatic heterocycles. The van der Waals surface area contributed by atoms with Gasteiger partial charge in [0.05, 0.1) is 5.41 Å². The number of carbonyl (C=O) groups excluding carboxylic acids is 1. The van der Waals surface area contributed by atoms with Crippen LogP contribution in [0.3, 0.4) is 0 Å². The second kappa shape index (κ2) is 10.6. The van der Waals surface area contributed by atoms with Crippen molar-refractivity contribution in [1.82, 2.24) is 10.2 Å². The third kappa shape index (κ3) is 6.64. The normalized spacial score (nSPS) is 17.3. The lowest BCUT2D eigenvalue weighted by Crippen LogP contribution is -2.55. The Balaban J connectivity index is 1.67. The standard InChI is InChI=1S/C25H33N3O3/c1-25(2,24(30)31)14-13-23(29)28(22-11-7-4-8-12-22)19-21-18-27(16-15-26-21)17-20-9-5-3-6-10-20/h3-12,21,26H,13-19H2,1-2H3,(H,30,31)/t21-/m0/s1. The summed E-state index contributed by atoms with van der Waals surface area (Å²) in [7, 11) is 0. The van der Waals surface area contributed by atoms with Gasteiger partial charge in [0.25, 0.3) is 0 Å². The summed E-state index contributed by atoms with van der Waals surface area (Å²) in [6.45, 7) is 7.48. The fourth-order valence-electron chi connectivity index (χ4n) is 3.84. The van der Waals surface area contributed by atoms with Crippen LogP contribution < -0.4 is 10.2 Å².